The van der Waals surface area contributed by atoms with Crippen LogP contribution in [0.25, 0.3) is 44.1 Å². The number of ketones is 1. The molecular weight excluding hydrogens is 1750 g/mol. The molecule has 0 spiro atoms. The number of fused-ring (bicyclic) bond motifs is 4. The Bertz CT molecular complexity index is 7160. The average molecular weight is 1850 g/mol. The van der Waals surface area contributed by atoms with Crippen LogP contribution in [0.4, 0.5) is 17.2 Å². The summed E-state index contributed by atoms with van der Waals surface area (Å²) < 4.78 is 14.0. The molecule has 0 radical (unpaired) electrons. The zero-order valence-corrected chi connectivity index (χ0v) is 76.4. The molecule has 9 aromatic heterocycles. The standard InChI is InChI=1S/C26H25N5O3S.C25H26N6O2S.C24H24N6OS.C23H23N7OS/c1-17(32)26(19-10-6-3-7-11-19)12-14-30(15-13-26)24(34)21(18-8-4-2-5-9-18)31-16-27-22-20(25(31)35)23(33)29-28-22;1-17(29-12-14-30(15-13-29)19-8-10-20(33-2)11-9-19)22(18-6-4-3-5-7-18)31-16-26-23-21(25(31)34)24(32)28-27-23;1-17(28-12-14-29(15-13-28)19-10-6-3-7-11-19)21(18-8-4-2-5-9-18)30-16-25-22-20(24(30)32)23(31)27-26-22;1-16(28-11-13-29(14-12-28)18-9-5-6-10-24-18)20(17-7-3-2-4-8-17)30-15-25-21-19(23(30)32)22(31)27-26-21/h2-11,16,21H,12-15H2,1H3,(H2,28,29,33);3-11,16,22H,1,12-15H2,2H3,(H2,27,28,32);2-11,16,21H,1,12-15H2,(H2,26,27,31);2-10,15,20H,1,11-14H2,(H2,26,27,31). The van der Waals surface area contributed by atoms with Gasteiger partial charge < -0.3 is 57.3 Å². The van der Waals surface area contributed by atoms with Crippen molar-refractivity contribution in [3.8, 4) is 5.75 Å². The minimum absolute atomic E-state index is 0.110. The molecule has 7 aromatic carbocycles. The predicted octanol–water partition coefficient (Wildman–Crippen LogP) is 14.0. The van der Waals surface area contributed by atoms with E-state index in [4.69, 9.17) is 53.6 Å². The van der Waals surface area contributed by atoms with Crippen LogP contribution in [-0.2, 0) is 15.0 Å². The number of carbonyl (C=O) groups is 2. The monoisotopic (exact) mass is 1850 g/mol. The molecule has 0 saturated carbocycles. The fourth-order valence-corrected chi connectivity index (χ4v) is 19.5. The number of piperazine rings is 3. The molecule has 676 valence electrons. The van der Waals surface area contributed by atoms with Crippen LogP contribution in [0.5, 0.6) is 5.75 Å². The van der Waals surface area contributed by atoms with E-state index >= 15 is 0 Å². The summed E-state index contributed by atoms with van der Waals surface area (Å²) in [7, 11) is 1.67. The highest BCUT2D eigenvalue weighted by Gasteiger charge is 2.43. The number of hydrogen-bond donors (Lipinski definition) is 8. The van der Waals surface area contributed by atoms with Gasteiger partial charge in [0.05, 0.1) is 37.8 Å². The third kappa shape index (κ3) is 18.8. The lowest BCUT2D eigenvalue weighted by atomic mass is 9.70. The van der Waals surface area contributed by atoms with E-state index < -0.39 is 11.5 Å². The number of benzene rings is 7. The number of nitrogens with one attached hydrogen (secondary N) is 8. The molecule has 1 amide bonds. The van der Waals surface area contributed by atoms with E-state index in [9.17, 15) is 28.8 Å². The molecule has 8 N–H and O–H groups in total. The zero-order valence-electron chi connectivity index (χ0n) is 73.1. The molecule has 16 aromatic rings. The van der Waals surface area contributed by atoms with Crippen LogP contribution < -0.4 is 41.7 Å². The number of Topliss-reactive ketones (excluding diaryl/α,β-unsaturated/α-hetero) is 1. The second-order valence-corrected chi connectivity index (χ2v) is 34.3. The maximum absolute atomic E-state index is 14.0. The first kappa shape index (κ1) is 89.9. The van der Waals surface area contributed by atoms with E-state index in [0.717, 1.165) is 135 Å². The second-order valence-electron chi connectivity index (χ2n) is 32.7. The number of para-hydroxylation sites is 1. The van der Waals surface area contributed by atoms with Crippen molar-refractivity contribution < 1.29 is 14.3 Å². The number of hydrogen-bond acceptors (Lipinski definition) is 22. The first-order chi connectivity index (χ1) is 64.7. The van der Waals surface area contributed by atoms with Crippen molar-refractivity contribution in [3.05, 3.63) is 381 Å². The van der Waals surface area contributed by atoms with E-state index in [2.05, 4.69) is 176 Å². The number of allylic oxidation sites excluding steroid dienone is 3. The molecule has 0 aliphatic carbocycles. The first-order valence-electron chi connectivity index (χ1n) is 43.7. The number of amides is 1. The van der Waals surface area contributed by atoms with Crippen molar-refractivity contribution in [2.45, 2.75) is 49.3 Å². The van der Waals surface area contributed by atoms with E-state index in [1.165, 1.54) is 17.7 Å². The Morgan fingerprint density at radius 1 is 0.346 bits per heavy atom. The van der Waals surface area contributed by atoms with Crippen LogP contribution in [-0.4, -0.2) is 214 Å². The molecule has 4 aliphatic heterocycles. The smallest absolute Gasteiger partial charge is 0.276 e. The van der Waals surface area contributed by atoms with E-state index in [1.54, 1.807) is 42.5 Å². The molecule has 4 aliphatic rings. The van der Waals surface area contributed by atoms with Crippen LogP contribution in [0.2, 0.25) is 0 Å². The van der Waals surface area contributed by atoms with Crippen molar-refractivity contribution >= 4 is 122 Å². The van der Waals surface area contributed by atoms with Gasteiger partial charge in [-0.05, 0) is 96.1 Å². The van der Waals surface area contributed by atoms with Gasteiger partial charge in [0, 0.05) is 126 Å². The second kappa shape index (κ2) is 40.1. The number of anilines is 3. The number of ether oxygens (including phenoxy) is 1. The quantitative estimate of drug-likeness (QED) is 0.0310. The summed E-state index contributed by atoms with van der Waals surface area (Å²) in [6.45, 7) is 26.1. The first-order valence-corrected chi connectivity index (χ1v) is 45.3. The Labute approximate surface area is 783 Å². The van der Waals surface area contributed by atoms with Gasteiger partial charge in [0.15, 0.2) is 22.6 Å². The third-order valence-electron chi connectivity index (χ3n) is 25.3. The van der Waals surface area contributed by atoms with Crippen molar-refractivity contribution in [1.29, 1.82) is 0 Å². The molecule has 133 heavy (non-hydrogen) atoms. The molecule has 31 nitrogen and oxygen atoms in total. The minimum Gasteiger partial charge on any atom is -0.497 e. The van der Waals surface area contributed by atoms with Gasteiger partial charge in [0.1, 0.15) is 81.6 Å². The molecule has 4 saturated heterocycles. The van der Waals surface area contributed by atoms with Crippen molar-refractivity contribution in [2.24, 2.45) is 0 Å². The summed E-state index contributed by atoms with van der Waals surface area (Å²) in [6.07, 6.45) is 9.46. The summed E-state index contributed by atoms with van der Waals surface area (Å²) in [6, 6.07) is 72.4. The maximum atomic E-state index is 14.0. The number of pyridine rings is 1. The van der Waals surface area contributed by atoms with Crippen LogP contribution in [0.1, 0.15) is 71.8 Å². The fraction of sp³-hybridized carbons (Fsp3) is 0.235. The van der Waals surface area contributed by atoms with Crippen molar-refractivity contribution in [1.82, 2.24) is 104 Å². The highest BCUT2D eigenvalue weighted by molar-refractivity contribution is 7.72. The van der Waals surface area contributed by atoms with Gasteiger partial charge in [-0.25, -0.2) is 24.9 Å². The number of aromatic amines is 8. The Morgan fingerprint density at radius 3 is 0.970 bits per heavy atom. The van der Waals surface area contributed by atoms with Gasteiger partial charge >= 0.3 is 0 Å². The van der Waals surface area contributed by atoms with Crippen LogP contribution >= 0.6 is 48.9 Å². The molecule has 4 unspecified atom stereocenters. The normalized spacial score (nSPS) is 15.3. The van der Waals surface area contributed by atoms with Gasteiger partial charge in [-0.15, -0.1) is 0 Å². The number of nitrogens with zero attached hydrogens (tertiary/aromatic N) is 16. The topological polar surface area (TPSA) is 345 Å². The van der Waals surface area contributed by atoms with Gasteiger partial charge in [-0.1, -0.05) is 245 Å². The summed E-state index contributed by atoms with van der Waals surface area (Å²) in [5.41, 5.74) is 9.98. The molecular formula is C98H98N24O7S4. The van der Waals surface area contributed by atoms with Crippen LogP contribution in [0.15, 0.2) is 312 Å². The van der Waals surface area contributed by atoms with Crippen molar-refractivity contribution in [3.63, 3.8) is 0 Å². The Balaban J connectivity index is 0.000000124. The highest BCUT2D eigenvalue weighted by Crippen LogP contribution is 2.40. The summed E-state index contributed by atoms with van der Waals surface area (Å²) >= 11 is 22.8. The van der Waals surface area contributed by atoms with E-state index in [1.807, 2.05) is 184 Å². The summed E-state index contributed by atoms with van der Waals surface area (Å²) in [5.74, 6) is 1.80. The fourth-order valence-electron chi connectivity index (χ4n) is 18.1. The van der Waals surface area contributed by atoms with E-state index in [0.29, 0.717) is 78.6 Å². The molecule has 13 heterocycles. The third-order valence-corrected chi connectivity index (χ3v) is 27.0. The van der Waals surface area contributed by atoms with Gasteiger partial charge in [-0.3, -0.25) is 69.6 Å². The van der Waals surface area contributed by atoms with Crippen molar-refractivity contribution in [2.75, 3.05) is 113 Å². The Kier molecular flexibility index (Phi) is 27.1. The average Bonchev–Trinajstić information content (AvgIpc) is 1.74. The highest BCUT2D eigenvalue weighted by atomic mass is 32.1. The lowest BCUT2D eigenvalue weighted by Crippen LogP contribution is -2.50. The minimum atomic E-state index is -0.781. The number of rotatable bonds is 21. The number of aromatic nitrogens is 17. The lowest BCUT2D eigenvalue weighted by molar-refractivity contribution is -0.137. The SMILES string of the molecule is C=C(C(c1ccccc1)n1cnc2[nH][nH]c(=O)c2c1=S)N1CCN(c2ccc(OC)cc2)CC1.C=C(C(c1ccccc1)n1cnc2[nH][nH]c(=O)c2c1=S)N1CCN(c2ccccc2)CC1.C=C(C(c1ccccc1)n1cnc2[nH][nH]c(=O)c2c1=S)N1CCN(c2ccccn2)CC1.CC(=O)C1(c2ccccc2)CCN(C(=O)C(c2ccccc2)n2cnc3[nH][nH]c(=O)c3c2=S)CC1. The summed E-state index contributed by atoms with van der Waals surface area (Å²) in [5, 5.41) is 22.7. The zero-order chi connectivity index (χ0) is 92.4. The molecule has 4 atom stereocenters. The van der Waals surface area contributed by atoms with E-state index in [-0.39, 0.29) is 62.1 Å². The maximum Gasteiger partial charge on any atom is 0.276 e. The largest absolute Gasteiger partial charge is 0.497 e. The number of carbonyl (C=O) groups excluding carboxylic acids is 2. The van der Waals surface area contributed by atoms with Crippen LogP contribution in [0, 0.1) is 18.6 Å². The molecule has 0 bridgehead atoms. The van der Waals surface area contributed by atoms with Gasteiger partial charge in [-0.2, -0.15) is 0 Å². The Hall–Kier alpha value is -15.1. The van der Waals surface area contributed by atoms with Gasteiger partial charge in [0.2, 0.25) is 5.91 Å². The number of methoxy groups -OCH3 is 1. The molecule has 35 heteroatoms. The number of piperidine rings is 1. The number of H-pyrrole nitrogens is 8. The van der Waals surface area contributed by atoms with Crippen LogP contribution in [0.3, 0.4) is 0 Å². The predicted molar refractivity (Wildman–Crippen MR) is 528 cm³/mol. The molecule has 20 rings (SSSR count). The number of likely N-dealkylation sites (tertiary alicyclic amines) is 1. The Morgan fingerprint density at radius 2 is 0.647 bits per heavy atom. The molecule has 4 fully saturated rings. The lowest BCUT2D eigenvalue weighted by Gasteiger charge is -2.41. The van der Waals surface area contributed by atoms with Gasteiger partial charge in [0.25, 0.3) is 22.2 Å². The summed E-state index contributed by atoms with van der Waals surface area (Å²) in [4.78, 5) is 114.